The first-order valence-corrected chi connectivity index (χ1v) is 9.05. The lowest BCUT2D eigenvalue weighted by Crippen LogP contribution is -2.37. The van der Waals surface area contributed by atoms with Gasteiger partial charge in [0.1, 0.15) is 0 Å². The molecule has 9 heteroatoms. The number of hydrogen-bond acceptors (Lipinski definition) is 5. The van der Waals surface area contributed by atoms with Gasteiger partial charge in [-0.2, -0.15) is 0 Å². The van der Waals surface area contributed by atoms with Crippen molar-refractivity contribution in [1.82, 2.24) is 10.2 Å². The van der Waals surface area contributed by atoms with E-state index in [2.05, 4.69) is 5.32 Å². The number of imide groups is 1. The van der Waals surface area contributed by atoms with Crippen LogP contribution in [0.5, 0.6) is 0 Å². The normalized spacial score (nSPS) is 15.8. The van der Waals surface area contributed by atoms with E-state index in [0.717, 1.165) is 16.7 Å². The van der Waals surface area contributed by atoms with Crippen LogP contribution in [0.25, 0.3) is 6.08 Å². The van der Waals surface area contributed by atoms with Crippen molar-refractivity contribution in [3.8, 4) is 0 Å². The molecule has 0 radical (unpaired) electrons. The highest BCUT2D eigenvalue weighted by Gasteiger charge is 2.34. The second-order valence-electron chi connectivity index (χ2n) is 5.23. The quantitative estimate of drug-likeness (QED) is 0.751. The SMILES string of the molecule is O=C(NCCN1C(=O)S/C(=C\c2ccc(Cl)cc2Cl)C1=O)c1ccco1. The first kappa shape index (κ1) is 18.6. The van der Waals surface area contributed by atoms with Gasteiger partial charge in [0.15, 0.2) is 5.76 Å². The Morgan fingerprint density at radius 3 is 2.77 bits per heavy atom. The largest absolute Gasteiger partial charge is 0.459 e. The lowest BCUT2D eigenvalue weighted by atomic mass is 10.2. The van der Waals surface area contributed by atoms with E-state index in [1.807, 2.05) is 0 Å². The molecule has 0 spiro atoms. The molecule has 1 N–H and O–H groups in total. The molecule has 6 nitrogen and oxygen atoms in total. The number of amides is 3. The molecule has 0 saturated carbocycles. The average Bonchev–Trinajstić information content (AvgIpc) is 3.21. The Morgan fingerprint density at radius 2 is 2.08 bits per heavy atom. The van der Waals surface area contributed by atoms with Gasteiger partial charge in [0, 0.05) is 23.1 Å². The highest BCUT2D eigenvalue weighted by molar-refractivity contribution is 8.18. The number of thioether (sulfide) groups is 1. The molecule has 1 aliphatic heterocycles. The van der Waals surface area contributed by atoms with Crippen LogP contribution in [-0.4, -0.2) is 35.0 Å². The first-order chi connectivity index (χ1) is 12.5. The maximum atomic E-state index is 12.4. The number of carbonyl (C=O) groups is 3. The second-order valence-corrected chi connectivity index (χ2v) is 7.07. The summed E-state index contributed by atoms with van der Waals surface area (Å²) < 4.78 is 4.97. The maximum absolute atomic E-state index is 12.4. The molecule has 1 aromatic heterocycles. The van der Waals surface area contributed by atoms with Gasteiger partial charge in [0.2, 0.25) is 0 Å². The highest BCUT2D eigenvalue weighted by Crippen LogP contribution is 2.33. The third-order valence-electron chi connectivity index (χ3n) is 3.49. The van der Waals surface area contributed by atoms with Crippen LogP contribution in [0.2, 0.25) is 10.0 Å². The van der Waals surface area contributed by atoms with Gasteiger partial charge in [-0.3, -0.25) is 19.3 Å². The molecular weight excluding hydrogens is 399 g/mol. The fourth-order valence-electron chi connectivity index (χ4n) is 2.23. The van der Waals surface area contributed by atoms with Crippen LogP contribution in [0.4, 0.5) is 4.79 Å². The fraction of sp³-hybridized carbons (Fsp3) is 0.118. The molecule has 3 amide bonds. The molecule has 2 aromatic rings. The number of rotatable bonds is 5. The lowest BCUT2D eigenvalue weighted by Gasteiger charge is -2.12. The van der Waals surface area contributed by atoms with Crippen molar-refractivity contribution in [1.29, 1.82) is 0 Å². The summed E-state index contributed by atoms with van der Waals surface area (Å²) >= 11 is 12.8. The molecule has 0 aliphatic carbocycles. The number of nitrogens with zero attached hydrogens (tertiary/aromatic N) is 1. The zero-order chi connectivity index (χ0) is 18.7. The minimum Gasteiger partial charge on any atom is -0.459 e. The molecule has 0 unspecified atom stereocenters. The van der Waals surface area contributed by atoms with Crippen LogP contribution in [0.15, 0.2) is 45.9 Å². The summed E-state index contributed by atoms with van der Waals surface area (Å²) in [6, 6.07) is 7.99. The summed E-state index contributed by atoms with van der Waals surface area (Å²) in [4.78, 5) is 37.6. The van der Waals surface area contributed by atoms with E-state index < -0.39 is 17.1 Å². The van der Waals surface area contributed by atoms with Gasteiger partial charge < -0.3 is 9.73 Å². The van der Waals surface area contributed by atoms with Gasteiger partial charge in [0.05, 0.1) is 11.2 Å². The van der Waals surface area contributed by atoms with E-state index in [0.29, 0.717) is 15.6 Å². The summed E-state index contributed by atoms with van der Waals surface area (Å²) in [7, 11) is 0. The van der Waals surface area contributed by atoms with Gasteiger partial charge in [-0.25, -0.2) is 0 Å². The molecule has 3 rings (SSSR count). The number of nitrogens with one attached hydrogen (secondary N) is 1. The van der Waals surface area contributed by atoms with E-state index in [1.165, 1.54) is 12.3 Å². The zero-order valence-electron chi connectivity index (χ0n) is 13.2. The van der Waals surface area contributed by atoms with E-state index in [4.69, 9.17) is 27.6 Å². The minimum absolute atomic E-state index is 0.0583. The summed E-state index contributed by atoms with van der Waals surface area (Å²) in [6.45, 7) is 0.176. The van der Waals surface area contributed by atoms with E-state index in [1.54, 1.807) is 30.3 Å². The van der Waals surface area contributed by atoms with E-state index in [-0.39, 0.29) is 23.8 Å². The smallest absolute Gasteiger partial charge is 0.293 e. The fourth-order valence-corrected chi connectivity index (χ4v) is 3.55. The number of hydrogen-bond donors (Lipinski definition) is 1. The zero-order valence-corrected chi connectivity index (χ0v) is 15.5. The molecule has 1 saturated heterocycles. The Balaban J connectivity index is 1.63. The van der Waals surface area contributed by atoms with Crippen LogP contribution in [0.3, 0.4) is 0 Å². The number of benzene rings is 1. The molecule has 0 bridgehead atoms. The predicted octanol–water partition coefficient (Wildman–Crippen LogP) is 4.05. The highest BCUT2D eigenvalue weighted by atomic mass is 35.5. The Morgan fingerprint density at radius 1 is 1.27 bits per heavy atom. The van der Waals surface area contributed by atoms with Crippen molar-refractivity contribution in [2.45, 2.75) is 0 Å². The number of carbonyl (C=O) groups excluding carboxylic acids is 3. The summed E-state index contributed by atoms with van der Waals surface area (Å²) in [6.07, 6.45) is 2.93. The van der Waals surface area contributed by atoms with Crippen molar-refractivity contribution < 1.29 is 18.8 Å². The molecule has 134 valence electrons. The topological polar surface area (TPSA) is 79.6 Å². The van der Waals surface area contributed by atoms with E-state index >= 15 is 0 Å². The Bertz CT molecular complexity index is 896. The van der Waals surface area contributed by atoms with Crippen LogP contribution in [0, 0.1) is 0 Å². The molecular formula is C17H12Cl2N2O4S. The second kappa shape index (κ2) is 7.99. The number of furan rings is 1. The Kier molecular flexibility index (Phi) is 5.70. The van der Waals surface area contributed by atoms with Gasteiger partial charge in [-0.05, 0) is 47.7 Å². The monoisotopic (exact) mass is 410 g/mol. The summed E-state index contributed by atoms with van der Waals surface area (Å²) in [5, 5.41) is 3.05. The molecule has 26 heavy (non-hydrogen) atoms. The van der Waals surface area contributed by atoms with Gasteiger partial charge in [0.25, 0.3) is 17.1 Å². The van der Waals surface area contributed by atoms with Crippen LogP contribution < -0.4 is 5.32 Å². The lowest BCUT2D eigenvalue weighted by molar-refractivity contribution is -0.122. The van der Waals surface area contributed by atoms with Gasteiger partial charge >= 0.3 is 0 Å². The van der Waals surface area contributed by atoms with Gasteiger partial charge in [-0.1, -0.05) is 29.3 Å². The van der Waals surface area contributed by atoms with Gasteiger partial charge in [-0.15, -0.1) is 0 Å². The Labute approximate surface area is 163 Å². The minimum atomic E-state index is -0.432. The Hall–Kier alpha value is -2.22. The molecule has 1 fully saturated rings. The van der Waals surface area contributed by atoms with Crippen molar-refractivity contribution in [3.05, 3.63) is 62.9 Å². The standard InChI is InChI=1S/C17H12Cl2N2O4S/c18-11-4-3-10(12(19)9-11)8-14-16(23)21(17(24)26-14)6-5-20-15(22)13-2-1-7-25-13/h1-4,7-9H,5-6H2,(H,20,22)/b14-8-. The molecule has 0 atom stereocenters. The third kappa shape index (κ3) is 4.12. The summed E-state index contributed by atoms with van der Waals surface area (Å²) in [5.74, 6) is -0.680. The van der Waals surface area contributed by atoms with Crippen molar-refractivity contribution >= 4 is 58.1 Å². The van der Waals surface area contributed by atoms with Crippen molar-refractivity contribution in [3.63, 3.8) is 0 Å². The van der Waals surface area contributed by atoms with Crippen LogP contribution in [0.1, 0.15) is 16.1 Å². The molecule has 1 aliphatic rings. The van der Waals surface area contributed by atoms with Crippen LogP contribution in [-0.2, 0) is 4.79 Å². The predicted molar refractivity (Wildman–Crippen MR) is 100 cm³/mol. The first-order valence-electron chi connectivity index (χ1n) is 7.48. The van der Waals surface area contributed by atoms with Crippen LogP contribution >= 0.6 is 35.0 Å². The summed E-state index contributed by atoms with van der Waals surface area (Å²) in [5.41, 5.74) is 0.590. The van der Waals surface area contributed by atoms with Crippen molar-refractivity contribution in [2.24, 2.45) is 0 Å². The molecule has 2 heterocycles. The number of halogens is 2. The van der Waals surface area contributed by atoms with E-state index in [9.17, 15) is 14.4 Å². The average molecular weight is 411 g/mol. The molecule has 1 aromatic carbocycles. The maximum Gasteiger partial charge on any atom is 0.293 e. The van der Waals surface area contributed by atoms with Crippen molar-refractivity contribution in [2.75, 3.05) is 13.1 Å². The third-order valence-corrected chi connectivity index (χ3v) is 4.96.